The SMILES string of the molecule is COc1ccc(C(=O)NCC(=O)N/N=C/c2ccc([N+](=O)[O-])s2)cc1OC. The van der Waals surface area contributed by atoms with Gasteiger partial charge in [-0.15, -0.1) is 0 Å². The van der Waals surface area contributed by atoms with Gasteiger partial charge in [0.05, 0.1) is 36.8 Å². The summed E-state index contributed by atoms with van der Waals surface area (Å²) in [4.78, 5) is 34.4. The Bertz CT molecular complexity index is 880. The third-order valence-corrected chi connectivity index (χ3v) is 4.20. The molecule has 0 aliphatic rings. The molecule has 1 heterocycles. The third kappa shape index (κ3) is 5.51. The Hall–Kier alpha value is -3.47. The van der Waals surface area contributed by atoms with Gasteiger partial charge in [-0.3, -0.25) is 19.7 Å². The molecule has 0 aliphatic carbocycles. The first kappa shape index (κ1) is 19.8. The Labute approximate surface area is 157 Å². The van der Waals surface area contributed by atoms with Gasteiger partial charge in [-0.1, -0.05) is 11.3 Å². The minimum Gasteiger partial charge on any atom is -0.493 e. The van der Waals surface area contributed by atoms with E-state index in [1.54, 1.807) is 6.07 Å². The normalized spacial score (nSPS) is 10.4. The lowest BCUT2D eigenvalue weighted by atomic mass is 10.2. The molecule has 0 unspecified atom stereocenters. The first-order valence-corrected chi connectivity index (χ1v) is 8.32. The van der Waals surface area contributed by atoms with Crippen LogP contribution in [0, 0.1) is 10.1 Å². The van der Waals surface area contributed by atoms with E-state index in [1.807, 2.05) is 0 Å². The lowest BCUT2D eigenvalue weighted by Gasteiger charge is -2.09. The number of ether oxygens (including phenoxy) is 2. The minimum absolute atomic E-state index is 0.0232. The maximum Gasteiger partial charge on any atom is 0.324 e. The maximum absolute atomic E-state index is 12.1. The molecule has 2 aromatic rings. The van der Waals surface area contributed by atoms with E-state index < -0.39 is 16.7 Å². The number of benzene rings is 1. The second kappa shape index (κ2) is 9.29. The summed E-state index contributed by atoms with van der Waals surface area (Å²) in [7, 11) is 2.93. The van der Waals surface area contributed by atoms with E-state index in [2.05, 4.69) is 15.8 Å². The largest absolute Gasteiger partial charge is 0.493 e. The molecule has 10 nitrogen and oxygen atoms in total. The highest BCUT2D eigenvalue weighted by Crippen LogP contribution is 2.27. The lowest BCUT2D eigenvalue weighted by molar-refractivity contribution is -0.380. The molecule has 2 rings (SSSR count). The molecule has 0 fully saturated rings. The Kier molecular flexibility index (Phi) is 6.83. The number of nitrogens with one attached hydrogen (secondary N) is 2. The van der Waals surface area contributed by atoms with Crippen LogP contribution in [0.3, 0.4) is 0 Å². The van der Waals surface area contributed by atoms with Crippen molar-refractivity contribution in [1.29, 1.82) is 0 Å². The Morgan fingerprint density at radius 1 is 1.22 bits per heavy atom. The number of methoxy groups -OCH3 is 2. The molecule has 0 spiro atoms. The smallest absolute Gasteiger partial charge is 0.324 e. The quantitative estimate of drug-likeness (QED) is 0.398. The zero-order valence-electron chi connectivity index (χ0n) is 14.4. The van der Waals surface area contributed by atoms with Gasteiger partial charge >= 0.3 is 5.00 Å². The fourth-order valence-corrected chi connectivity index (χ4v) is 2.65. The van der Waals surface area contributed by atoms with Gasteiger partial charge in [-0.25, -0.2) is 5.43 Å². The average molecular weight is 392 g/mol. The first-order valence-electron chi connectivity index (χ1n) is 7.51. The van der Waals surface area contributed by atoms with Gasteiger partial charge in [-0.2, -0.15) is 5.10 Å². The van der Waals surface area contributed by atoms with Crippen LogP contribution in [0.1, 0.15) is 15.2 Å². The summed E-state index contributed by atoms with van der Waals surface area (Å²) in [6, 6.07) is 7.47. The monoisotopic (exact) mass is 392 g/mol. The Morgan fingerprint density at radius 2 is 1.96 bits per heavy atom. The summed E-state index contributed by atoms with van der Waals surface area (Å²) in [5, 5.41) is 16.7. The van der Waals surface area contributed by atoms with Gasteiger partial charge in [0.25, 0.3) is 11.8 Å². The molecule has 0 atom stereocenters. The number of carbonyl (C=O) groups excluding carboxylic acids is 2. The standard InChI is InChI=1S/C16H16N4O6S/c1-25-12-5-3-10(7-13(12)26-2)16(22)17-9-14(21)19-18-8-11-4-6-15(27-11)20(23)24/h3-8H,9H2,1-2H3,(H,17,22)(H,19,21)/b18-8+. The van der Waals surface area contributed by atoms with Gasteiger partial charge in [0.15, 0.2) is 11.5 Å². The molecule has 142 valence electrons. The summed E-state index contributed by atoms with van der Waals surface area (Å²) in [5.41, 5.74) is 2.53. The first-order chi connectivity index (χ1) is 12.9. The average Bonchev–Trinajstić information content (AvgIpc) is 3.14. The number of amides is 2. The van der Waals surface area contributed by atoms with Crippen LogP contribution in [0.2, 0.25) is 0 Å². The number of rotatable bonds is 8. The number of hydrazone groups is 1. The van der Waals surface area contributed by atoms with Crippen molar-refractivity contribution in [1.82, 2.24) is 10.7 Å². The number of thiophene rings is 1. The maximum atomic E-state index is 12.1. The highest BCUT2D eigenvalue weighted by atomic mass is 32.1. The number of carbonyl (C=O) groups is 2. The predicted octanol–water partition coefficient (Wildman–Crippen LogP) is 1.55. The zero-order chi connectivity index (χ0) is 19.8. The van der Waals surface area contributed by atoms with Crippen LogP contribution in [0.25, 0.3) is 0 Å². The molecule has 11 heteroatoms. The van der Waals surface area contributed by atoms with Crippen LogP contribution in [0.4, 0.5) is 5.00 Å². The predicted molar refractivity (Wildman–Crippen MR) is 98.6 cm³/mol. The van der Waals surface area contributed by atoms with E-state index >= 15 is 0 Å². The van der Waals surface area contributed by atoms with Crippen LogP contribution < -0.4 is 20.2 Å². The molecule has 0 radical (unpaired) electrons. The van der Waals surface area contributed by atoms with Gasteiger partial charge in [0.1, 0.15) is 0 Å². The minimum atomic E-state index is -0.550. The molecule has 0 aliphatic heterocycles. The fourth-order valence-electron chi connectivity index (χ4n) is 1.96. The van der Waals surface area contributed by atoms with Crippen LogP contribution in [-0.2, 0) is 4.79 Å². The summed E-state index contributed by atoms with van der Waals surface area (Å²) >= 11 is 0.923. The third-order valence-electron chi connectivity index (χ3n) is 3.23. The second-order valence-corrected chi connectivity index (χ2v) is 6.07. The summed E-state index contributed by atoms with van der Waals surface area (Å²) < 4.78 is 10.2. The lowest BCUT2D eigenvalue weighted by Crippen LogP contribution is -2.34. The van der Waals surface area contributed by atoms with E-state index in [4.69, 9.17) is 9.47 Å². The van der Waals surface area contributed by atoms with Gasteiger partial charge in [-0.05, 0) is 24.3 Å². The van der Waals surface area contributed by atoms with E-state index in [-0.39, 0.29) is 11.5 Å². The summed E-state index contributed by atoms with van der Waals surface area (Å²) in [6.45, 7) is -0.297. The van der Waals surface area contributed by atoms with Gasteiger partial charge < -0.3 is 14.8 Å². The summed E-state index contributed by atoms with van der Waals surface area (Å²) in [6.07, 6.45) is 1.28. The number of hydrogen-bond acceptors (Lipinski definition) is 8. The number of hydrogen-bond donors (Lipinski definition) is 2. The van der Waals surface area contributed by atoms with Crippen LogP contribution in [0.5, 0.6) is 11.5 Å². The molecular weight excluding hydrogens is 376 g/mol. The zero-order valence-corrected chi connectivity index (χ0v) is 15.2. The van der Waals surface area contributed by atoms with E-state index in [0.717, 1.165) is 11.3 Å². The van der Waals surface area contributed by atoms with Crippen molar-refractivity contribution in [2.24, 2.45) is 5.10 Å². The highest BCUT2D eigenvalue weighted by molar-refractivity contribution is 7.16. The van der Waals surface area contributed by atoms with Gasteiger partial charge in [0, 0.05) is 11.6 Å². The Balaban J connectivity index is 1.84. The number of nitrogens with zero attached hydrogens (tertiary/aromatic N) is 2. The molecule has 0 saturated carbocycles. The molecule has 0 saturated heterocycles. The second-order valence-electron chi connectivity index (χ2n) is 4.98. The topological polar surface area (TPSA) is 132 Å². The molecule has 27 heavy (non-hydrogen) atoms. The molecule has 2 N–H and O–H groups in total. The molecule has 0 bridgehead atoms. The van der Waals surface area contributed by atoms with Gasteiger partial charge in [0.2, 0.25) is 0 Å². The van der Waals surface area contributed by atoms with E-state index in [1.165, 1.54) is 44.7 Å². The van der Waals surface area contributed by atoms with Crippen molar-refractivity contribution in [2.75, 3.05) is 20.8 Å². The Morgan fingerprint density at radius 3 is 2.59 bits per heavy atom. The fraction of sp³-hybridized carbons (Fsp3) is 0.188. The van der Waals surface area contributed by atoms with Crippen molar-refractivity contribution in [3.8, 4) is 11.5 Å². The molecule has 1 aromatic carbocycles. The highest BCUT2D eigenvalue weighted by Gasteiger charge is 2.12. The molecule has 2 amide bonds. The van der Waals surface area contributed by atoms with Crippen molar-refractivity contribution >= 4 is 34.4 Å². The molecule has 1 aromatic heterocycles. The number of nitro groups is 1. The molecular formula is C16H16N4O6S. The van der Waals surface area contributed by atoms with Crippen molar-refractivity contribution in [2.45, 2.75) is 0 Å². The van der Waals surface area contributed by atoms with Crippen molar-refractivity contribution in [3.05, 3.63) is 50.9 Å². The van der Waals surface area contributed by atoms with E-state index in [0.29, 0.717) is 21.9 Å². The van der Waals surface area contributed by atoms with Crippen LogP contribution in [-0.4, -0.2) is 43.7 Å². The van der Waals surface area contributed by atoms with Crippen molar-refractivity contribution < 1.29 is 24.0 Å². The van der Waals surface area contributed by atoms with Crippen LogP contribution in [0.15, 0.2) is 35.4 Å². The van der Waals surface area contributed by atoms with E-state index in [9.17, 15) is 19.7 Å². The summed E-state index contributed by atoms with van der Waals surface area (Å²) in [5.74, 6) is -0.144. The van der Waals surface area contributed by atoms with Crippen molar-refractivity contribution in [3.63, 3.8) is 0 Å². The van der Waals surface area contributed by atoms with Crippen LogP contribution >= 0.6 is 11.3 Å².